The smallest absolute Gasteiger partial charge is 0.0733 e. The summed E-state index contributed by atoms with van der Waals surface area (Å²) >= 11 is 1.88. The summed E-state index contributed by atoms with van der Waals surface area (Å²) < 4.78 is 0. The summed E-state index contributed by atoms with van der Waals surface area (Å²) in [5, 5.41) is 1.25. The Morgan fingerprint density at radius 3 is 2.82 bits per heavy atom. The fourth-order valence-electron chi connectivity index (χ4n) is 2.43. The van der Waals surface area contributed by atoms with Crippen molar-refractivity contribution in [3.05, 3.63) is 29.8 Å². The first-order valence-electron chi connectivity index (χ1n) is 6.01. The van der Waals surface area contributed by atoms with E-state index in [1.54, 1.807) is 0 Å². The number of hydrogen-bond acceptors (Lipinski definition) is 3. The van der Waals surface area contributed by atoms with E-state index >= 15 is 0 Å². The fourth-order valence-corrected chi connectivity index (χ4v) is 3.27. The zero-order valence-corrected chi connectivity index (χ0v) is 11.0. The molecule has 2 aliphatic heterocycles. The molecular formula is C14H16N2S. The van der Waals surface area contributed by atoms with Crippen molar-refractivity contribution >= 4 is 28.2 Å². The molecule has 0 amide bonds. The molecule has 0 aromatic heterocycles. The van der Waals surface area contributed by atoms with Gasteiger partial charge in [-0.3, -0.25) is 9.98 Å². The molecule has 0 bridgehead atoms. The van der Waals surface area contributed by atoms with Crippen LogP contribution in [0.3, 0.4) is 0 Å². The highest BCUT2D eigenvalue weighted by Gasteiger charge is 2.35. The number of fused-ring (bicyclic) bond motifs is 1. The van der Waals surface area contributed by atoms with Gasteiger partial charge >= 0.3 is 0 Å². The zero-order chi connectivity index (χ0) is 11.9. The van der Waals surface area contributed by atoms with E-state index in [9.17, 15) is 0 Å². The summed E-state index contributed by atoms with van der Waals surface area (Å²) in [5.74, 6) is 1.13. The van der Waals surface area contributed by atoms with Gasteiger partial charge in [-0.2, -0.15) is 0 Å². The van der Waals surface area contributed by atoms with Crippen LogP contribution in [0.4, 0.5) is 5.69 Å². The van der Waals surface area contributed by atoms with E-state index in [2.05, 4.69) is 43.1 Å². The molecule has 0 N–H and O–H groups in total. The second-order valence-corrected chi connectivity index (χ2v) is 6.17. The topological polar surface area (TPSA) is 24.7 Å². The summed E-state index contributed by atoms with van der Waals surface area (Å²) in [4.78, 5) is 9.32. The second kappa shape index (κ2) is 3.98. The molecule has 0 fully saturated rings. The van der Waals surface area contributed by atoms with E-state index in [0.717, 1.165) is 24.4 Å². The first-order valence-corrected chi connectivity index (χ1v) is 7.00. The van der Waals surface area contributed by atoms with E-state index in [4.69, 9.17) is 4.99 Å². The normalized spacial score (nSPS) is 21.1. The van der Waals surface area contributed by atoms with Crippen LogP contribution >= 0.6 is 11.8 Å². The molecule has 3 rings (SSSR count). The molecule has 0 saturated heterocycles. The van der Waals surface area contributed by atoms with Gasteiger partial charge in [0.1, 0.15) is 0 Å². The van der Waals surface area contributed by atoms with Crippen LogP contribution in [0.2, 0.25) is 0 Å². The van der Waals surface area contributed by atoms with Gasteiger partial charge in [0.25, 0.3) is 0 Å². The molecule has 0 unspecified atom stereocenters. The van der Waals surface area contributed by atoms with Gasteiger partial charge in [0.2, 0.25) is 0 Å². The number of rotatable bonds is 2. The molecule has 0 saturated carbocycles. The molecule has 0 radical (unpaired) electrons. The van der Waals surface area contributed by atoms with Crippen LogP contribution in [-0.4, -0.2) is 23.1 Å². The standard InChI is InChI=1S/C14H16N2S/c1-14(2)10-5-3-4-6-11(10)16-12(14)9-13-15-7-8-17-13/h3-6H,7-9H2,1-2H3. The summed E-state index contributed by atoms with van der Waals surface area (Å²) in [6, 6.07) is 8.45. The van der Waals surface area contributed by atoms with Gasteiger partial charge in [0, 0.05) is 29.8 Å². The van der Waals surface area contributed by atoms with Crippen LogP contribution in [-0.2, 0) is 5.41 Å². The molecule has 2 nitrogen and oxygen atoms in total. The van der Waals surface area contributed by atoms with E-state index in [-0.39, 0.29) is 5.41 Å². The van der Waals surface area contributed by atoms with Crippen molar-refractivity contribution in [2.75, 3.05) is 12.3 Å². The molecule has 1 aromatic rings. The average Bonchev–Trinajstić information content (AvgIpc) is 2.89. The van der Waals surface area contributed by atoms with Crippen LogP contribution in [0.25, 0.3) is 0 Å². The first-order chi connectivity index (χ1) is 8.18. The largest absolute Gasteiger partial charge is 0.282 e. The minimum absolute atomic E-state index is 0.0578. The van der Waals surface area contributed by atoms with Crippen molar-refractivity contribution in [2.24, 2.45) is 9.98 Å². The maximum Gasteiger partial charge on any atom is 0.0733 e. The highest BCUT2D eigenvalue weighted by atomic mass is 32.2. The van der Waals surface area contributed by atoms with Crippen LogP contribution in [0.5, 0.6) is 0 Å². The van der Waals surface area contributed by atoms with Gasteiger partial charge in [-0.1, -0.05) is 32.0 Å². The SMILES string of the molecule is CC1(C)C(CC2=NCCS2)=Nc2ccccc21. The molecule has 0 atom stereocenters. The molecule has 3 heteroatoms. The minimum atomic E-state index is 0.0578. The van der Waals surface area contributed by atoms with Crippen molar-refractivity contribution < 1.29 is 0 Å². The molecule has 1 aromatic carbocycles. The van der Waals surface area contributed by atoms with Crippen molar-refractivity contribution in [2.45, 2.75) is 25.7 Å². The highest BCUT2D eigenvalue weighted by Crippen LogP contribution is 2.41. The third-order valence-electron chi connectivity index (χ3n) is 3.52. The maximum absolute atomic E-state index is 4.79. The summed E-state index contributed by atoms with van der Waals surface area (Å²) in [5.41, 5.74) is 3.80. The molecule has 2 aliphatic rings. The number of nitrogens with zero attached hydrogens (tertiary/aromatic N) is 2. The molecule has 0 aliphatic carbocycles. The molecule has 88 valence electrons. The number of benzene rings is 1. The third kappa shape index (κ3) is 1.82. The van der Waals surface area contributed by atoms with E-state index in [1.165, 1.54) is 16.3 Å². The van der Waals surface area contributed by atoms with Crippen LogP contribution < -0.4 is 0 Å². The lowest BCUT2D eigenvalue weighted by atomic mass is 9.80. The Labute approximate surface area is 106 Å². The minimum Gasteiger partial charge on any atom is -0.282 e. The highest BCUT2D eigenvalue weighted by molar-refractivity contribution is 8.14. The van der Waals surface area contributed by atoms with Gasteiger partial charge in [0.15, 0.2) is 0 Å². The predicted molar refractivity (Wildman–Crippen MR) is 75.9 cm³/mol. The molecule has 0 spiro atoms. The summed E-state index contributed by atoms with van der Waals surface area (Å²) in [6.07, 6.45) is 0.923. The average molecular weight is 244 g/mol. The predicted octanol–water partition coefficient (Wildman–Crippen LogP) is 3.59. The van der Waals surface area contributed by atoms with Gasteiger partial charge in [0.05, 0.1) is 10.7 Å². The lowest BCUT2D eigenvalue weighted by molar-refractivity contribution is 0.729. The number of para-hydroxylation sites is 1. The van der Waals surface area contributed by atoms with Gasteiger partial charge in [-0.15, -0.1) is 11.8 Å². The number of aliphatic imine (C=N–C) groups is 2. The monoisotopic (exact) mass is 244 g/mol. The van der Waals surface area contributed by atoms with Crippen LogP contribution in [0, 0.1) is 0 Å². The van der Waals surface area contributed by atoms with Gasteiger partial charge in [-0.25, -0.2) is 0 Å². The Hall–Kier alpha value is -1.09. The first kappa shape index (κ1) is 11.0. The summed E-state index contributed by atoms with van der Waals surface area (Å²) in [6.45, 7) is 5.50. The fraction of sp³-hybridized carbons (Fsp3) is 0.429. The van der Waals surface area contributed by atoms with Crippen LogP contribution in [0.1, 0.15) is 25.8 Å². The Bertz CT molecular complexity index is 515. The van der Waals surface area contributed by atoms with E-state index in [1.807, 2.05) is 11.8 Å². The van der Waals surface area contributed by atoms with Gasteiger partial charge < -0.3 is 0 Å². The Morgan fingerprint density at radius 1 is 1.29 bits per heavy atom. The van der Waals surface area contributed by atoms with E-state index < -0.39 is 0 Å². The Kier molecular flexibility index (Phi) is 2.58. The molecule has 17 heavy (non-hydrogen) atoms. The Morgan fingerprint density at radius 2 is 2.12 bits per heavy atom. The zero-order valence-electron chi connectivity index (χ0n) is 10.2. The summed E-state index contributed by atoms with van der Waals surface area (Å²) in [7, 11) is 0. The lowest BCUT2D eigenvalue weighted by Gasteiger charge is -2.22. The van der Waals surface area contributed by atoms with Crippen molar-refractivity contribution in [3.63, 3.8) is 0 Å². The maximum atomic E-state index is 4.79. The van der Waals surface area contributed by atoms with Crippen molar-refractivity contribution in [3.8, 4) is 0 Å². The molecule has 2 heterocycles. The second-order valence-electron chi connectivity index (χ2n) is 5.00. The molecular weight excluding hydrogens is 228 g/mol. The van der Waals surface area contributed by atoms with Crippen LogP contribution in [0.15, 0.2) is 34.3 Å². The third-order valence-corrected chi connectivity index (χ3v) is 4.51. The lowest BCUT2D eigenvalue weighted by Crippen LogP contribution is -2.26. The van der Waals surface area contributed by atoms with E-state index in [0.29, 0.717) is 0 Å². The quantitative estimate of drug-likeness (QED) is 0.780. The van der Waals surface area contributed by atoms with Crippen molar-refractivity contribution in [1.29, 1.82) is 0 Å². The number of hydrogen-bond donors (Lipinski definition) is 0. The number of thioether (sulfide) groups is 1. The van der Waals surface area contributed by atoms with Crippen molar-refractivity contribution in [1.82, 2.24) is 0 Å². The Balaban J connectivity index is 1.93. The van der Waals surface area contributed by atoms with Gasteiger partial charge in [-0.05, 0) is 11.6 Å².